The Morgan fingerprint density at radius 1 is 1.18 bits per heavy atom. The fourth-order valence-electron chi connectivity index (χ4n) is 6.98. The van der Waals surface area contributed by atoms with Gasteiger partial charge < -0.3 is 24.3 Å². The quantitative estimate of drug-likeness (QED) is 0.408. The molecule has 2 aliphatic heterocycles. The molecule has 212 valence electrons. The molecule has 9 heteroatoms. The van der Waals surface area contributed by atoms with Gasteiger partial charge in [0, 0.05) is 24.9 Å². The number of likely N-dealkylation sites (N-methyl/N-ethyl adjacent to an activating group) is 1. The highest BCUT2D eigenvalue weighted by molar-refractivity contribution is 5.74. The summed E-state index contributed by atoms with van der Waals surface area (Å²) in [5.74, 6) is 0.585. The number of nitrogens with zero attached hydrogens (tertiary/aromatic N) is 1. The fraction of sp³-hybridized carbons (Fsp3) is 0.633. The van der Waals surface area contributed by atoms with E-state index in [1.54, 1.807) is 20.8 Å². The lowest BCUT2D eigenvalue weighted by molar-refractivity contribution is -0.206. The lowest BCUT2D eigenvalue weighted by Crippen LogP contribution is -2.75. The third-order valence-electron chi connectivity index (χ3n) is 8.51. The first-order valence-corrected chi connectivity index (χ1v) is 14.0. The van der Waals surface area contributed by atoms with Gasteiger partial charge in [-0.15, -0.1) is 0 Å². The van der Waals surface area contributed by atoms with E-state index in [0.29, 0.717) is 31.4 Å². The third-order valence-corrected chi connectivity index (χ3v) is 8.51. The van der Waals surface area contributed by atoms with E-state index in [2.05, 4.69) is 29.4 Å². The van der Waals surface area contributed by atoms with Crippen molar-refractivity contribution >= 4 is 18.0 Å². The van der Waals surface area contributed by atoms with Crippen LogP contribution in [-0.4, -0.2) is 66.4 Å². The monoisotopic (exact) mass is 540 g/mol. The second kappa shape index (κ2) is 9.84. The number of nitrogens with one attached hydrogen (secondary N) is 1. The van der Waals surface area contributed by atoms with Crippen LogP contribution in [0.2, 0.25) is 0 Å². The average molecular weight is 541 g/mol. The molecule has 9 nitrogen and oxygen atoms in total. The minimum Gasteiger partial charge on any atom is -0.481 e. The first-order chi connectivity index (χ1) is 18.4. The summed E-state index contributed by atoms with van der Waals surface area (Å²) in [5, 5.41) is 2.60. The van der Waals surface area contributed by atoms with Gasteiger partial charge in [0.15, 0.2) is 6.10 Å². The predicted octanol–water partition coefficient (Wildman–Crippen LogP) is 4.08. The zero-order valence-electron chi connectivity index (χ0n) is 23.8. The first kappa shape index (κ1) is 27.5. The maximum absolute atomic E-state index is 13.1. The lowest BCUT2D eigenvalue weighted by Gasteiger charge is -2.62. The maximum atomic E-state index is 13.1. The van der Waals surface area contributed by atoms with Gasteiger partial charge in [0.1, 0.15) is 22.7 Å². The van der Waals surface area contributed by atoms with E-state index in [1.165, 1.54) is 5.56 Å². The number of benzene rings is 1. The number of alkyl carbamates (subject to hydrolysis) is 1. The van der Waals surface area contributed by atoms with E-state index in [9.17, 15) is 14.4 Å². The summed E-state index contributed by atoms with van der Waals surface area (Å²) in [4.78, 5) is 40.3. The number of hydrogen-bond donors (Lipinski definition) is 1. The van der Waals surface area contributed by atoms with Crippen molar-refractivity contribution < 1.29 is 33.3 Å². The van der Waals surface area contributed by atoms with Crippen LogP contribution in [0.4, 0.5) is 4.79 Å². The molecule has 5 rings (SSSR count). The molecule has 1 saturated heterocycles. The average Bonchev–Trinajstić information content (AvgIpc) is 3.19. The molecule has 0 aromatic heterocycles. The second-order valence-electron chi connectivity index (χ2n) is 12.2. The van der Waals surface area contributed by atoms with Crippen LogP contribution in [0.15, 0.2) is 24.0 Å². The largest absolute Gasteiger partial charge is 0.481 e. The molecule has 1 aromatic carbocycles. The molecule has 4 atom stereocenters. The Morgan fingerprint density at radius 2 is 1.95 bits per heavy atom. The van der Waals surface area contributed by atoms with Gasteiger partial charge in [-0.05, 0) is 77.8 Å². The van der Waals surface area contributed by atoms with Crippen LogP contribution in [-0.2, 0) is 35.6 Å². The number of rotatable bonds is 7. The number of esters is 2. The Balaban J connectivity index is 1.45. The van der Waals surface area contributed by atoms with Crippen molar-refractivity contribution in [1.82, 2.24) is 10.2 Å². The molecule has 1 amide bonds. The highest BCUT2D eigenvalue weighted by Crippen LogP contribution is 2.65. The van der Waals surface area contributed by atoms with Gasteiger partial charge in [-0.2, -0.15) is 0 Å². The maximum Gasteiger partial charge on any atom is 0.407 e. The highest BCUT2D eigenvalue weighted by atomic mass is 16.6. The Bertz CT molecular complexity index is 1220. The van der Waals surface area contributed by atoms with Crippen LogP contribution in [0.3, 0.4) is 0 Å². The minimum atomic E-state index is -0.822. The zero-order valence-corrected chi connectivity index (χ0v) is 23.8. The molecule has 4 aliphatic rings. The van der Waals surface area contributed by atoms with E-state index in [1.807, 2.05) is 19.9 Å². The van der Waals surface area contributed by atoms with Gasteiger partial charge in [-0.1, -0.05) is 19.1 Å². The van der Waals surface area contributed by atoms with Crippen LogP contribution in [0, 0.1) is 6.92 Å². The van der Waals surface area contributed by atoms with Crippen molar-refractivity contribution in [1.29, 1.82) is 0 Å². The van der Waals surface area contributed by atoms with E-state index in [4.69, 9.17) is 18.9 Å². The third kappa shape index (κ3) is 4.48. The molecule has 0 radical (unpaired) electrons. The lowest BCUT2D eigenvalue weighted by atomic mass is 9.50. The van der Waals surface area contributed by atoms with Crippen molar-refractivity contribution in [2.24, 2.45) is 0 Å². The van der Waals surface area contributed by atoms with Gasteiger partial charge in [0.05, 0.1) is 17.9 Å². The van der Waals surface area contributed by atoms with Crippen LogP contribution in [0.5, 0.6) is 5.75 Å². The van der Waals surface area contributed by atoms with E-state index in [-0.39, 0.29) is 25.0 Å². The molecule has 1 N–H and O–H groups in total. The molecule has 1 aromatic rings. The van der Waals surface area contributed by atoms with Gasteiger partial charge in [0.25, 0.3) is 0 Å². The molecular formula is C30H40N2O7. The number of aryl methyl sites for hydroxylation is 1. The van der Waals surface area contributed by atoms with E-state index in [0.717, 1.165) is 29.8 Å². The van der Waals surface area contributed by atoms with Crippen LogP contribution >= 0.6 is 0 Å². The van der Waals surface area contributed by atoms with Gasteiger partial charge in [-0.3, -0.25) is 14.5 Å². The van der Waals surface area contributed by atoms with Crippen molar-refractivity contribution in [2.75, 3.05) is 20.1 Å². The molecule has 0 unspecified atom stereocenters. The first-order valence-electron chi connectivity index (χ1n) is 14.0. The summed E-state index contributed by atoms with van der Waals surface area (Å²) in [6.45, 7) is 10.2. The standard InChI is InChI=1S/C30H40N2O7/c1-7-8-23(34)38-30-13-11-20(36-22(33)12-15-31-27(35)39-28(3,4)5)26-29(30)14-16-32(6)21(30)17-19-10-9-18(2)25(37-26)24(19)29/h9-11,21,26H,7-8,12-17H2,1-6H3,(H,31,35)/t21-,26+,29+,30-/m1/s1. The van der Waals surface area contributed by atoms with Gasteiger partial charge >= 0.3 is 18.0 Å². The van der Waals surface area contributed by atoms with Crippen molar-refractivity contribution in [3.8, 4) is 5.75 Å². The van der Waals surface area contributed by atoms with Crippen LogP contribution in [0.1, 0.15) is 76.5 Å². The summed E-state index contributed by atoms with van der Waals surface area (Å²) in [6, 6.07) is 4.22. The summed E-state index contributed by atoms with van der Waals surface area (Å²) in [6.07, 6.45) is 3.65. The highest BCUT2D eigenvalue weighted by Gasteiger charge is 2.74. The second-order valence-corrected chi connectivity index (χ2v) is 12.2. The predicted molar refractivity (Wildman–Crippen MR) is 143 cm³/mol. The molecule has 2 heterocycles. The topological polar surface area (TPSA) is 103 Å². The number of amides is 1. The molecule has 2 aliphatic carbocycles. The summed E-state index contributed by atoms with van der Waals surface area (Å²) < 4.78 is 24.4. The number of carbonyl (C=O) groups is 3. The Labute approximate surface area is 230 Å². The molecular weight excluding hydrogens is 500 g/mol. The van der Waals surface area contributed by atoms with Crippen LogP contribution < -0.4 is 10.1 Å². The Morgan fingerprint density at radius 3 is 2.67 bits per heavy atom. The van der Waals surface area contributed by atoms with Gasteiger partial charge in [-0.25, -0.2) is 4.79 Å². The Kier molecular flexibility index (Phi) is 6.94. The fourth-order valence-corrected chi connectivity index (χ4v) is 6.98. The number of carbonyl (C=O) groups excluding carboxylic acids is 3. The molecule has 0 saturated carbocycles. The van der Waals surface area contributed by atoms with Crippen LogP contribution in [0.25, 0.3) is 0 Å². The summed E-state index contributed by atoms with van der Waals surface area (Å²) in [5.41, 5.74) is 1.22. The SMILES string of the molecule is CCCC(=O)O[C@@]12CC=C(OC(=O)CCNC(=O)OC(C)(C)C)[C@@H]3Oc4c(C)ccc5c4[C@@]31CCN(C)[C@@H]2C5. The molecule has 1 fully saturated rings. The van der Waals surface area contributed by atoms with Gasteiger partial charge in [0.2, 0.25) is 0 Å². The number of likely N-dealkylation sites (tertiary alicyclic amines) is 1. The van der Waals surface area contributed by atoms with Crippen molar-refractivity contribution in [3.63, 3.8) is 0 Å². The molecule has 39 heavy (non-hydrogen) atoms. The minimum absolute atomic E-state index is 0.0183. The smallest absolute Gasteiger partial charge is 0.407 e. The normalized spacial score (nSPS) is 28.5. The van der Waals surface area contributed by atoms with Crippen molar-refractivity contribution in [3.05, 3.63) is 40.7 Å². The zero-order chi connectivity index (χ0) is 28.2. The number of ether oxygens (including phenoxy) is 4. The molecule has 2 bridgehead atoms. The van der Waals surface area contributed by atoms with E-state index >= 15 is 0 Å². The summed E-state index contributed by atoms with van der Waals surface area (Å²) in [7, 11) is 2.09. The Hall–Kier alpha value is -3.07. The molecule has 1 spiro atoms. The number of hydrogen-bond acceptors (Lipinski definition) is 8. The number of piperidine rings is 1. The van der Waals surface area contributed by atoms with E-state index < -0.39 is 34.8 Å². The summed E-state index contributed by atoms with van der Waals surface area (Å²) >= 11 is 0. The van der Waals surface area contributed by atoms with Crippen molar-refractivity contribution in [2.45, 2.75) is 102 Å².